The molecule has 2 rings (SSSR count). The monoisotopic (exact) mass is 329 g/mol. The molecule has 24 heavy (non-hydrogen) atoms. The molecule has 1 fully saturated rings. The molecule has 1 aliphatic heterocycles. The Balaban J connectivity index is 2.03. The molecule has 5 nitrogen and oxygen atoms in total. The van der Waals surface area contributed by atoms with Crippen LogP contribution in [0.4, 0.5) is 0 Å². The zero-order chi connectivity index (χ0) is 17.2. The molecule has 1 aromatic rings. The molecule has 0 aliphatic carbocycles. The van der Waals surface area contributed by atoms with Crippen molar-refractivity contribution in [2.24, 2.45) is 4.99 Å². The second-order valence-electron chi connectivity index (χ2n) is 5.81. The number of nitrogens with one attached hydrogen (secondary N) is 2. The molecule has 0 bridgehead atoms. The second-order valence-corrected chi connectivity index (χ2v) is 5.81. The van der Waals surface area contributed by atoms with Crippen molar-refractivity contribution in [2.45, 2.75) is 39.3 Å². The van der Waals surface area contributed by atoms with Crippen LogP contribution in [0, 0.1) is 19.3 Å². The van der Waals surface area contributed by atoms with E-state index in [9.17, 15) is 0 Å². The van der Waals surface area contributed by atoms with Crippen LogP contribution in [-0.2, 0) is 11.3 Å². The molecule has 0 spiro atoms. The maximum Gasteiger partial charge on any atom is 0.192 e. The van der Waals surface area contributed by atoms with Gasteiger partial charge in [0.15, 0.2) is 5.96 Å². The Hall–Kier alpha value is -2.19. The average Bonchev–Trinajstić information content (AvgIpc) is 3.10. The van der Waals surface area contributed by atoms with Crippen molar-refractivity contribution >= 4 is 5.96 Å². The van der Waals surface area contributed by atoms with Crippen molar-refractivity contribution in [3.63, 3.8) is 0 Å². The predicted octanol–water partition coefficient (Wildman–Crippen LogP) is 2.24. The average molecular weight is 329 g/mol. The zero-order valence-electron chi connectivity index (χ0n) is 14.6. The summed E-state index contributed by atoms with van der Waals surface area (Å²) < 4.78 is 11.6. The van der Waals surface area contributed by atoms with Crippen LogP contribution in [0.5, 0.6) is 5.75 Å². The van der Waals surface area contributed by atoms with E-state index in [2.05, 4.69) is 46.7 Å². The molecule has 0 aromatic heterocycles. The zero-order valence-corrected chi connectivity index (χ0v) is 14.6. The first kappa shape index (κ1) is 18.2. The number of nitrogens with zero attached hydrogens (tertiary/aromatic N) is 1. The van der Waals surface area contributed by atoms with Gasteiger partial charge in [0.2, 0.25) is 0 Å². The summed E-state index contributed by atoms with van der Waals surface area (Å²) in [5.41, 5.74) is 2.22. The first-order valence-electron chi connectivity index (χ1n) is 8.52. The minimum Gasteiger partial charge on any atom is -0.491 e. The minimum absolute atomic E-state index is 0.205. The van der Waals surface area contributed by atoms with Gasteiger partial charge >= 0.3 is 0 Å². The van der Waals surface area contributed by atoms with E-state index in [0.717, 1.165) is 37.3 Å². The lowest BCUT2D eigenvalue weighted by atomic mass is 10.1. The lowest BCUT2D eigenvalue weighted by Gasteiger charge is -2.15. The number of rotatable bonds is 7. The van der Waals surface area contributed by atoms with E-state index in [1.54, 1.807) is 0 Å². The summed E-state index contributed by atoms with van der Waals surface area (Å²) in [4.78, 5) is 4.58. The molecular formula is C19H27N3O2. The van der Waals surface area contributed by atoms with Gasteiger partial charge in [0.25, 0.3) is 0 Å². The Morgan fingerprint density at radius 2 is 2.33 bits per heavy atom. The predicted molar refractivity (Wildman–Crippen MR) is 97.3 cm³/mol. The molecule has 0 radical (unpaired) electrons. The number of ether oxygens (including phenoxy) is 2. The molecule has 1 aromatic carbocycles. The van der Waals surface area contributed by atoms with Crippen molar-refractivity contribution in [1.82, 2.24) is 10.6 Å². The number of aryl methyl sites for hydroxylation is 1. The summed E-state index contributed by atoms with van der Waals surface area (Å²) in [5, 5.41) is 6.27. The van der Waals surface area contributed by atoms with Crippen molar-refractivity contribution in [1.29, 1.82) is 0 Å². The molecule has 5 heteroatoms. The number of aliphatic imine (C=N–C) groups is 1. The third kappa shape index (κ3) is 5.78. The fourth-order valence-corrected chi connectivity index (χ4v) is 2.53. The van der Waals surface area contributed by atoms with Crippen LogP contribution in [0.3, 0.4) is 0 Å². The van der Waals surface area contributed by atoms with Crippen molar-refractivity contribution in [2.75, 3.05) is 26.3 Å². The van der Waals surface area contributed by atoms with Gasteiger partial charge < -0.3 is 20.1 Å². The van der Waals surface area contributed by atoms with E-state index in [1.165, 1.54) is 5.56 Å². The molecule has 130 valence electrons. The summed E-state index contributed by atoms with van der Waals surface area (Å²) >= 11 is 0. The van der Waals surface area contributed by atoms with Gasteiger partial charge in [0, 0.05) is 18.7 Å². The Bertz CT molecular complexity index is 587. The summed E-state index contributed by atoms with van der Waals surface area (Å²) in [6.45, 7) is 7.27. The molecule has 1 heterocycles. The minimum atomic E-state index is 0.205. The SMILES string of the molecule is C#CCNC(=NCc1ccc(C)cc1OCC1CCCO1)NCC. The van der Waals surface area contributed by atoms with E-state index in [0.29, 0.717) is 25.7 Å². The Kier molecular flexibility index (Phi) is 7.44. The third-order valence-electron chi connectivity index (χ3n) is 3.78. The second kappa shape index (κ2) is 9.84. The van der Waals surface area contributed by atoms with E-state index in [1.807, 2.05) is 6.92 Å². The summed E-state index contributed by atoms with van der Waals surface area (Å²) in [7, 11) is 0. The van der Waals surface area contributed by atoms with E-state index < -0.39 is 0 Å². The topological polar surface area (TPSA) is 54.9 Å². The fraction of sp³-hybridized carbons (Fsp3) is 0.526. The Morgan fingerprint density at radius 1 is 1.46 bits per heavy atom. The number of benzene rings is 1. The van der Waals surface area contributed by atoms with Crippen LogP contribution < -0.4 is 15.4 Å². The Labute approximate surface area is 144 Å². The largest absolute Gasteiger partial charge is 0.491 e. The highest BCUT2D eigenvalue weighted by atomic mass is 16.5. The van der Waals surface area contributed by atoms with Crippen LogP contribution in [-0.4, -0.2) is 38.4 Å². The molecule has 0 amide bonds. The molecule has 1 atom stereocenters. The van der Waals surface area contributed by atoms with Gasteiger partial charge in [-0.2, -0.15) is 0 Å². The van der Waals surface area contributed by atoms with Crippen LogP contribution >= 0.6 is 0 Å². The molecular weight excluding hydrogens is 302 g/mol. The summed E-state index contributed by atoms with van der Waals surface area (Å²) in [6, 6.07) is 6.20. The number of hydrogen-bond acceptors (Lipinski definition) is 3. The van der Waals surface area contributed by atoms with Gasteiger partial charge in [-0.25, -0.2) is 4.99 Å². The fourth-order valence-electron chi connectivity index (χ4n) is 2.53. The number of hydrogen-bond donors (Lipinski definition) is 2. The van der Waals surface area contributed by atoms with Gasteiger partial charge in [0.05, 0.1) is 19.2 Å². The molecule has 1 aliphatic rings. The van der Waals surface area contributed by atoms with E-state index in [4.69, 9.17) is 15.9 Å². The quantitative estimate of drug-likeness (QED) is 0.458. The van der Waals surface area contributed by atoms with Gasteiger partial charge in [-0.1, -0.05) is 18.1 Å². The van der Waals surface area contributed by atoms with E-state index >= 15 is 0 Å². The highest BCUT2D eigenvalue weighted by molar-refractivity contribution is 5.80. The van der Waals surface area contributed by atoms with Crippen LogP contribution in [0.2, 0.25) is 0 Å². The third-order valence-corrected chi connectivity index (χ3v) is 3.78. The summed E-state index contributed by atoms with van der Waals surface area (Å²) in [6.07, 6.45) is 7.68. The smallest absolute Gasteiger partial charge is 0.192 e. The van der Waals surface area contributed by atoms with Gasteiger partial charge in [-0.15, -0.1) is 6.42 Å². The number of terminal acetylenes is 1. The molecule has 0 saturated carbocycles. The standard InChI is InChI=1S/C19H27N3O2/c1-4-10-21-19(20-5-2)22-13-16-9-8-15(3)12-18(16)24-14-17-7-6-11-23-17/h1,8-9,12,17H,5-7,10-11,13-14H2,2-3H3,(H2,20,21,22). The Morgan fingerprint density at radius 3 is 3.04 bits per heavy atom. The first-order chi connectivity index (χ1) is 11.7. The first-order valence-corrected chi connectivity index (χ1v) is 8.52. The highest BCUT2D eigenvalue weighted by Gasteiger charge is 2.16. The highest BCUT2D eigenvalue weighted by Crippen LogP contribution is 2.23. The van der Waals surface area contributed by atoms with Crippen LogP contribution in [0.15, 0.2) is 23.2 Å². The normalized spacial score (nSPS) is 17.4. The molecule has 1 unspecified atom stereocenters. The maximum atomic E-state index is 6.01. The number of guanidine groups is 1. The van der Waals surface area contributed by atoms with E-state index in [-0.39, 0.29) is 6.10 Å². The maximum absolute atomic E-state index is 6.01. The van der Waals surface area contributed by atoms with Crippen LogP contribution in [0.1, 0.15) is 30.9 Å². The lowest BCUT2D eigenvalue weighted by Crippen LogP contribution is -2.37. The van der Waals surface area contributed by atoms with Crippen LogP contribution in [0.25, 0.3) is 0 Å². The summed E-state index contributed by atoms with van der Waals surface area (Å²) in [5.74, 6) is 4.14. The van der Waals surface area contributed by atoms with Gasteiger partial charge in [-0.3, -0.25) is 0 Å². The molecule has 1 saturated heterocycles. The van der Waals surface area contributed by atoms with Gasteiger partial charge in [-0.05, 0) is 38.3 Å². The van der Waals surface area contributed by atoms with Gasteiger partial charge in [0.1, 0.15) is 12.4 Å². The van der Waals surface area contributed by atoms with Crippen molar-refractivity contribution in [3.05, 3.63) is 29.3 Å². The van der Waals surface area contributed by atoms with Crippen molar-refractivity contribution in [3.8, 4) is 18.1 Å². The lowest BCUT2D eigenvalue weighted by molar-refractivity contribution is 0.0676. The molecule has 2 N–H and O–H groups in total. The van der Waals surface area contributed by atoms with Crippen molar-refractivity contribution < 1.29 is 9.47 Å².